The number of hydrogen-bond acceptors (Lipinski definition) is 6. The molecule has 4 aromatic rings. The number of amides is 4. The fourth-order valence-corrected chi connectivity index (χ4v) is 7.05. The lowest BCUT2D eigenvalue weighted by Crippen LogP contribution is -2.55. The van der Waals surface area contributed by atoms with E-state index in [2.05, 4.69) is 50.2 Å². The van der Waals surface area contributed by atoms with E-state index in [1.807, 2.05) is 59.5 Å². The molecule has 1 fully saturated rings. The summed E-state index contributed by atoms with van der Waals surface area (Å²) in [7, 11) is 1.70. The van der Waals surface area contributed by atoms with Gasteiger partial charge in [-0.15, -0.1) is 0 Å². The zero-order chi connectivity index (χ0) is 35.7. The molecule has 0 spiro atoms. The summed E-state index contributed by atoms with van der Waals surface area (Å²) in [6.45, 7) is 5.68. The predicted octanol–water partition coefficient (Wildman–Crippen LogP) is 3.03. The quantitative estimate of drug-likeness (QED) is 0.198. The van der Waals surface area contributed by atoms with Gasteiger partial charge in [-0.1, -0.05) is 85.8 Å². The van der Waals surface area contributed by atoms with Gasteiger partial charge in [0, 0.05) is 65.4 Å². The average Bonchev–Trinajstić information content (AvgIpc) is 3.79. The molecular formula is C40H47N7O4. The molecule has 2 heterocycles. The highest BCUT2D eigenvalue weighted by molar-refractivity contribution is 5.96. The molecule has 2 aliphatic rings. The van der Waals surface area contributed by atoms with E-state index in [4.69, 9.17) is 0 Å². The number of carbonyl (C=O) groups excluding carboxylic acids is 4. The number of nitrogens with one attached hydrogen (secondary N) is 3. The van der Waals surface area contributed by atoms with E-state index in [9.17, 15) is 19.2 Å². The van der Waals surface area contributed by atoms with Crippen LogP contribution in [0.5, 0.6) is 0 Å². The first-order valence-corrected chi connectivity index (χ1v) is 17.8. The maximum absolute atomic E-state index is 13.7. The van der Waals surface area contributed by atoms with Crippen molar-refractivity contribution in [1.82, 2.24) is 35.5 Å². The van der Waals surface area contributed by atoms with Crippen molar-refractivity contribution in [3.63, 3.8) is 0 Å². The number of fused-ring (bicyclic) bond motifs is 1. The van der Waals surface area contributed by atoms with Crippen LogP contribution in [0, 0.1) is 5.92 Å². The van der Waals surface area contributed by atoms with Crippen molar-refractivity contribution in [3.8, 4) is 0 Å². The molecule has 0 saturated carbocycles. The molecule has 1 saturated heterocycles. The third-order valence-corrected chi connectivity index (χ3v) is 9.99. The summed E-state index contributed by atoms with van der Waals surface area (Å²) in [4.78, 5) is 57.2. The first kappa shape index (κ1) is 35.5. The van der Waals surface area contributed by atoms with Crippen LogP contribution < -0.4 is 16.0 Å². The first-order chi connectivity index (χ1) is 24.8. The molecule has 0 radical (unpaired) electrons. The number of aromatic nitrogens is 2. The van der Waals surface area contributed by atoms with Gasteiger partial charge in [0.2, 0.25) is 17.7 Å². The van der Waals surface area contributed by atoms with Crippen LogP contribution in [-0.4, -0.2) is 81.5 Å². The summed E-state index contributed by atoms with van der Waals surface area (Å²) in [5.74, 6) is -0.902. The van der Waals surface area contributed by atoms with Gasteiger partial charge in [0.15, 0.2) is 0 Å². The summed E-state index contributed by atoms with van der Waals surface area (Å²) < 4.78 is 1.49. The Morgan fingerprint density at radius 3 is 2.06 bits per heavy atom. The normalized spacial score (nSPS) is 15.8. The van der Waals surface area contributed by atoms with E-state index in [0.717, 1.165) is 30.8 Å². The van der Waals surface area contributed by atoms with Crippen LogP contribution in [0.3, 0.4) is 0 Å². The van der Waals surface area contributed by atoms with Crippen LogP contribution >= 0.6 is 0 Å². The molecule has 51 heavy (non-hydrogen) atoms. The largest absolute Gasteiger partial charge is 0.350 e. The Bertz CT molecular complexity index is 1790. The molecule has 1 unspecified atom stereocenters. The molecule has 266 valence electrons. The second-order valence-electron chi connectivity index (χ2n) is 13.5. The monoisotopic (exact) mass is 689 g/mol. The zero-order valence-corrected chi connectivity index (χ0v) is 29.4. The number of aryl methyl sites for hydroxylation is 1. The summed E-state index contributed by atoms with van der Waals surface area (Å²) in [5.41, 5.74) is 5.82. The van der Waals surface area contributed by atoms with Crippen molar-refractivity contribution in [1.29, 1.82) is 0 Å². The Morgan fingerprint density at radius 1 is 0.784 bits per heavy atom. The van der Waals surface area contributed by atoms with Crippen molar-refractivity contribution in [2.45, 2.75) is 57.8 Å². The Morgan fingerprint density at radius 2 is 1.43 bits per heavy atom. The minimum absolute atomic E-state index is 0.0687. The van der Waals surface area contributed by atoms with E-state index >= 15 is 0 Å². The Hall–Kier alpha value is -5.29. The van der Waals surface area contributed by atoms with Crippen LogP contribution in [0.1, 0.15) is 51.7 Å². The molecule has 0 bridgehead atoms. The zero-order valence-electron chi connectivity index (χ0n) is 29.4. The van der Waals surface area contributed by atoms with Crippen LogP contribution in [0.25, 0.3) is 0 Å². The SMILES string of the molecule is CCC(=O)N[C@H](Cc1ccc(CNC(=O)C(NC(=O)c2ccnn2C)C2Cc3ccccc3C2)cc1)C(=O)N1CCN(Cc2ccccc2)CC1. The third kappa shape index (κ3) is 9.09. The second-order valence-corrected chi connectivity index (χ2v) is 13.5. The van der Waals surface area contributed by atoms with Crippen molar-refractivity contribution >= 4 is 23.6 Å². The summed E-state index contributed by atoms with van der Waals surface area (Å²) in [6, 6.07) is 26.4. The summed E-state index contributed by atoms with van der Waals surface area (Å²) >= 11 is 0. The minimum Gasteiger partial charge on any atom is -0.350 e. The van der Waals surface area contributed by atoms with Crippen molar-refractivity contribution in [2.75, 3.05) is 26.2 Å². The van der Waals surface area contributed by atoms with Gasteiger partial charge in [-0.05, 0) is 52.6 Å². The molecule has 1 aromatic heterocycles. The highest BCUT2D eigenvalue weighted by Crippen LogP contribution is 2.29. The molecule has 4 amide bonds. The molecule has 1 aliphatic carbocycles. The topological polar surface area (TPSA) is 129 Å². The lowest BCUT2D eigenvalue weighted by Gasteiger charge is -2.36. The van der Waals surface area contributed by atoms with Gasteiger partial charge < -0.3 is 20.9 Å². The standard InChI is InChI=1S/C40H47N7O4/c1-3-36(48)43-34(40(51)47-21-19-46(20-22-47)27-30-9-5-4-6-10-30)23-28-13-15-29(16-14-28)26-41-39(50)37(44-38(49)35-17-18-42-45(35)2)33-24-31-11-7-8-12-32(31)25-33/h4-18,33-34,37H,3,19-27H2,1-2H3,(H,41,50)(H,43,48)(H,44,49)/t34-,37?/m1/s1. The number of rotatable bonds is 13. The Kier molecular flexibility index (Phi) is 11.6. The number of carbonyl (C=O) groups is 4. The van der Waals surface area contributed by atoms with Gasteiger partial charge in [-0.25, -0.2) is 0 Å². The van der Waals surface area contributed by atoms with E-state index in [1.54, 1.807) is 26.2 Å². The number of benzene rings is 3. The third-order valence-electron chi connectivity index (χ3n) is 9.99. The first-order valence-electron chi connectivity index (χ1n) is 17.8. The summed E-state index contributed by atoms with van der Waals surface area (Å²) in [5, 5.41) is 13.1. The minimum atomic E-state index is -0.728. The highest BCUT2D eigenvalue weighted by atomic mass is 16.2. The fourth-order valence-electron chi connectivity index (χ4n) is 7.05. The van der Waals surface area contributed by atoms with Crippen LogP contribution in [0.4, 0.5) is 0 Å². The lowest BCUT2D eigenvalue weighted by molar-refractivity contribution is -0.138. The van der Waals surface area contributed by atoms with Gasteiger partial charge in [-0.2, -0.15) is 5.10 Å². The van der Waals surface area contributed by atoms with Gasteiger partial charge in [0.05, 0.1) is 0 Å². The lowest BCUT2D eigenvalue weighted by atomic mass is 9.95. The molecule has 11 nitrogen and oxygen atoms in total. The number of nitrogens with zero attached hydrogens (tertiary/aromatic N) is 4. The van der Waals surface area contributed by atoms with Crippen molar-refractivity contribution < 1.29 is 19.2 Å². The molecule has 6 rings (SSSR count). The van der Waals surface area contributed by atoms with Gasteiger partial charge in [-0.3, -0.25) is 28.8 Å². The molecule has 3 aromatic carbocycles. The van der Waals surface area contributed by atoms with E-state index in [1.165, 1.54) is 21.4 Å². The smallest absolute Gasteiger partial charge is 0.270 e. The highest BCUT2D eigenvalue weighted by Gasteiger charge is 2.35. The molecule has 3 N–H and O–H groups in total. The molecule has 1 aliphatic heterocycles. The van der Waals surface area contributed by atoms with Crippen molar-refractivity contribution in [2.24, 2.45) is 13.0 Å². The van der Waals surface area contributed by atoms with Crippen molar-refractivity contribution in [3.05, 3.63) is 125 Å². The number of piperazine rings is 1. The predicted molar refractivity (Wildman–Crippen MR) is 194 cm³/mol. The van der Waals surface area contributed by atoms with Gasteiger partial charge in [0.25, 0.3) is 5.91 Å². The molecule has 11 heteroatoms. The van der Waals surface area contributed by atoms with Gasteiger partial charge in [0.1, 0.15) is 17.8 Å². The average molecular weight is 690 g/mol. The fraction of sp³-hybridized carbons (Fsp3) is 0.375. The van der Waals surface area contributed by atoms with E-state index in [-0.39, 0.29) is 36.1 Å². The van der Waals surface area contributed by atoms with Crippen LogP contribution in [0.2, 0.25) is 0 Å². The Balaban J connectivity index is 1.06. The maximum Gasteiger partial charge on any atom is 0.270 e. The van der Waals surface area contributed by atoms with Crippen LogP contribution in [0.15, 0.2) is 91.1 Å². The second kappa shape index (κ2) is 16.6. The number of hydrogen-bond donors (Lipinski definition) is 3. The Labute approximate surface area is 299 Å². The molecule has 2 atom stereocenters. The maximum atomic E-state index is 13.7. The van der Waals surface area contributed by atoms with Gasteiger partial charge >= 0.3 is 0 Å². The van der Waals surface area contributed by atoms with E-state index in [0.29, 0.717) is 44.5 Å². The van der Waals surface area contributed by atoms with E-state index < -0.39 is 12.1 Å². The molecular weight excluding hydrogens is 642 g/mol. The van der Waals surface area contributed by atoms with Crippen LogP contribution in [-0.2, 0) is 53.8 Å². The summed E-state index contributed by atoms with van der Waals surface area (Å²) in [6.07, 6.45) is 3.62.